The number of nitrogens with zero attached hydrogens (tertiary/aromatic N) is 4. The van der Waals surface area contributed by atoms with Crippen molar-refractivity contribution in [2.75, 3.05) is 5.43 Å². The lowest BCUT2D eigenvalue weighted by Crippen LogP contribution is -1.99. The molecule has 0 bridgehead atoms. The second-order valence-corrected chi connectivity index (χ2v) is 5.51. The Hall–Kier alpha value is -3.19. The van der Waals surface area contributed by atoms with Gasteiger partial charge in [0.2, 0.25) is 0 Å². The lowest BCUT2D eigenvalue weighted by Gasteiger charge is -2.00. The molecule has 0 saturated heterocycles. The number of hydrazone groups is 1. The monoisotopic (exact) mass is 338 g/mol. The fourth-order valence-electron chi connectivity index (χ4n) is 2.36. The molecule has 24 heavy (non-hydrogen) atoms. The lowest BCUT2D eigenvalue weighted by atomic mass is 10.2. The number of benzene rings is 2. The highest BCUT2D eigenvalue weighted by molar-refractivity contribution is 6.30. The summed E-state index contributed by atoms with van der Waals surface area (Å²) in [4.78, 5) is 7.52. The van der Waals surface area contributed by atoms with Gasteiger partial charge in [0.1, 0.15) is 11.3 Å². The predicted molar refractivity (Wildman–Crippen MR) is 93.5 cm³/mol. The molecule has 2 aromatic carbocycles. The maximum absolute atomic E-state index is 9.73. The SMILES string of the molecule is Oc1ccc(Cl)cc1/C=N/Nc1nnc2c(n1)[nH]c1ccccc12. The number of aromatic amines is 1. The number of rotatable bonds is 3. The van der Waals surface area contributed by atoms with Crippen LogP contribution in [0.3, 0.4) is 0 Å². The van der Waals surface area contributed by atoms with Crippen molar-refractivity contribution < 1.29 is 5.11 Å². The standard InChI is InChI=1S/C16H11ClN6O/c17-10-5-6-13(24)9(7-10)8-18-22-16-20-15-14(21-23-16)11-3-1-2-4-12(11)19-15/h1-8,24H,(H2,19,20,22,23)/b18-8+. The number of halogens is 1. The highest BCUT2D eigenvalue weighted by Crippen LogP contribution is 2.22. The van der Waals surface area contributed by atoms with Gasteiger partial charge < -0.3 is 10.1 Å². The number of phenolic OH excluding ortho intramolecular Hbond substituents is 1. The van der Waals surface area contributed by atoms with Crippen LogP contribution < -0.4 is 5.43 Å². The molecule has 0 radical (unpaired) electrons. The molecule has 0 aliphatic rings. The molecule has 0 saturated carbocycles. The molecule has 0 aliphatic carbocycles. The summed E-state index contributed by atoms with van der Waals surface area (Å²) >= 11 is 5.88. The van der Waals surface area contributed by atoms with E-state index in [1.807, 2.05) is 24.3 Å². The van der Waals surface area contributed by atoms with Crippen LogP contribution in [-0.2, 0) is 0 Å². The van der Waals surface area contributed by atoms with Crippen molar-refractivity contribution in [3.05, 3.63) is 53.1 Å². The fraction of sp³-hybridized carbons (Fsp3) is 0. The molecule has 2 heterocycles. The number of hydrogen-bond acceptors (Lipinski definition) is 6. The number of aromatic hydroxyl groups is 1. The van der Waals surface area contributed by atoms with Crippen LogP contribution in [0.2, 0.25) is 5.02 Å². The van der Waals surface area contributed by atoms with Crippen LogP contribution in [0.25, 0.3) is 22.1 Å². The van der Waals surface area contributed by atoms with Crippen LogP contribution in [0.1, 0.15) is 5.56 Å². The smallest absolute Gasteiger partial charge is 0.265 e. The zero-order valence-corrected chi connectivity index (χ0v) is 13.0. The van der Waals surface area contributed by atoms with Gasteiger partial charge in [0, 0.05) is 21.5 Å². The van der Waals surface area contributed by atoms with E-state index in [0.717, 1.165) is 10.9 Å². The topological polar surface area (TPSA) is 99.1 Å². The van der Waals surface area contributed by atoms with Crippen LogP contribution in [0.15, 0.2) is 47.6 Å². The summed E-state index contributed by atoms with van der Waals surface area (Å²) in [5, 5.41) is 23.4. The quantitative estimate of drug-likeness (QED) is 0.393. The number of nitrogens with one attached hydrogen (secondary N) is 2. The maximum Gasteiger partial charge on any atom is 0.265 e. The van der Waals surface area contributed by atoms with Crippen molar-refractivity contribution in [1.29, 1.82) is 0 Å². The number of anilines is 1. The Bertz CT molecular complexity index is 1070. The largest absolute Gasteiger partial charge is 0.507 e. The average molecular weight is 339 g/mol. The summed E-state index contributed by atoms with van der Waals surface area (Å²) < 4.78 is 0. The van der Waals surface area contributed by atoms with Crippen molar-refractivity contribution in [3.8, 4) is 5.75 Å². The minimum absolute atomic E-state index is 0.0788. The van der Waals surface area contributed by atoms with Crippen molar-refractivity contribution in [2.45, 2.75) is 0 Å². The van der Waals surface area contributed by atoms with Gasteiger partial charge in [0.05, 0.1) is 6.21 Å². The predicted octanol–water partition coefficient (Wildman–Crippen LogP) is 3.31. The van der Waals surface area contributed by atoms with Crippen molar-refractivity contribution in [1.82, 2.24) is 20.2 Å². The molecular formula is C16H11ClN6O. The highest BCUT2D eigenvalue weighted by Gasteiger charge is 2.08. The molecule has 118 valence electrons. The first-order valence-corrected chi connectivity index (χ1v) is 7.47. The van der Waals surface area contributed by atoms with Gasteiger partial charge in [-0.2, -0.15) is 10.1 Å². The molecule has 4 aromatic rings. The molecule has 7 nitrogen and oxygen atoms in total. The maximum atomic E-state index is 9.73. The summed E-state index contributed by atoms with van der Waals surface area (Å²) in [7, 11) is 0. The second kappa shape index (κ2) is 5.78. The summed E-state index contributed by atoms with van der Waals surface area (Å²) in [6, 6.07) is 12.5. The van der Waals surface area contributed by atoms with E-state index < -0.39 is 0 Å². The second-order valence-electron chi connectivity index (χ2n) is 5.08. The summed E-state index contributed by atoms with van der Waals surface area (Å²) in [6.07, 6.45) is 1.43. The fourth-order valence-corrected chi connectivity index (χ4v) is 2.54. The van der Waals surface area contributed by atoms with Crippen LogP contribution in [0.4, 0.5) is 5.95 Å². The van der Waals surface area contributed by atoms with Crippen LogP contribution in [0.5, 0.6) is 5.75 Å². The third kappa shape index (κ3) is 2.61. The normalized spacial score (nSPS) is 11.5. The lowest BCUT2D eigenvalue weighted by molar-refractivity contribution is 0.474. The van der Waals surface area contributed by atoms with Crippen molar-refractivity contribution in [2.24, 2.45) is 5.10 Å². The van der Waals surface area contributed by atoms with Gasteiger partial charge >= 0.3 is 0 Å². The minimum atomic E-state index is 0.0788. The van der Waals surface area contributed by atoms with Gasteiger partial charge in [-0.25, -0.2) is 5.43 Å². The highest BCUT2D eigenvalue weighted by atomic mass is 35.5. The Morgan fingerprint density at radius 2 is 2.04 bits per heavy atom. The van der Waals surface area contributed by atoms with Gasteiger partial charge in [-0.05, 0) is 24.3 Å². The van der Waals surface area contributed by atoms with Crippen LogP contribution >= 0.6 is 11.6 Å². The molecule has 0 unspecified atom stereocenters. The molecule has 0 fully saturated rings. The number of aromatic nitrogens is 4. The Morgan fingerprint density at radius 1 is 1.17 bits per heavy atom. The molecule has 4 rings (SSSR count). The third-order valence-electron chi connectivity index (χ3n) is 3.48. The molecule has 0 atom stereocenters. The molecule has 8 heteroatoms. The average Bonchev–Trinajstić information content (AvgIpc) is 2.96. The first kappa shape index (κ1) is 14.4. The van der Waals surface area contributed by atoms with E-state index in [0.29, 0.717) is 21.7 Å². The number of H-pyrrole nitrogens is 1. The molecule has 0 spiro atoms. The van der Waals surface area contributed by atoms with Gasteiger partial charge in [-0.15, -0.1) is 10.2 Å². The van der Waals surface area contributed by atoms with E-state index in [-0.39, 0.29) is 11.7 Å². The zero-order chi connectivity index (χ0) is 16.5. The molecular weight excluding hydrogens is 328 g/mol. The van der Waals surface area contributed by atoms with E-state index >= 15 is 0 Å². The van der Waals surface area contributed by atoms with Crippen LogP contribution in [0, 0.1) is 0 Å². The zero-order valence-electron chi connectivity index (χ0n) is 12.2. The number of phenols is 1. The van der Waals surface area contributed by atoms with Gasteiger partial charge in [0.25, 0.3) is 5.95 Å². The van der Waals surface area contributed by atoms with Crippen molar-refractivity contribution >= 4 is 45.8 Å². The van der Waals surface area contributed by atoms with E-state index in [1.54, 1.807) is 12.1 Å². The Kier molecular flexibility index (Phi) is 3.47. The minimum Gasteiger partial charge on any atom is -0.507 e. The Balaban J connectivity index is 1.61. The summed E-state index contributed by atoms with van der Waals surface area (Å²) in [5.41, 5.74) is 5.43. The van der Waals surface area contributed by atoms with Gasteiger partial charge in [-0.3, -0.25) is 0 Å². The first-order valence-electron chi connectivity index (χ1n) is 7.09. The number of hydrogen-bond donors (Lipinski definition) is 3. The van der Waals surface area contributed by atoms with Gasteiger partial charge in [0.15, 0.2) is 5.65 Å². The molecule has 3 N–H and O–H groups in total. The van der Waals surface area contributed by atoms with E-state index in [4.69, 9.17) is 11.6 Å². The van der Waals surface area contributed by atoms with E-state index in [9.17, 15) is 5.11 Å². The summed E-state index contributed by atoms with van der Waals surface area (Å²) in [5.74, 6) is 0.321. The summed E-state index contributed by atoms with van der Waals surface area (Å²) in [6.45, 7) is 0. The van der Waals surface area contributed by atoms with Crippen LogP contribution in [-0.4, -0.2) is 31.5 Å². The Labute approximate surface area is 141 Å². The molecule has 0 aliphatic heterocycles. The third-order valence-corrected chi connectivity index (χ3v) is 3.71. The Morgan fingerprint density at radius 3 is 2.96 bits per heavy atom. The first-order chi connectivity index (χ1) is 11.7. The van der Waals surface area contributed by atoms with E-state index in [2.05, 4.69) is 30.7 Å². The number of para-hydroxylation sites is 1. The van der Waals surface area contributed by atoms with Gasteiger partial charge in [-0.1, -0.05) is 29.8 Å². The van der Waals surface area contributed by atoms with E-state index in [1.165, 1.54) is 12.3 Å². The molecule has 0 amide bonds. The number of fused-ring (bicyclic) bond motifs is 3. The van der Waals surface area contributed by atoms with Crippen molar-refractivity contribution in [3.63, 3.8) is 0 Å². The molecule has 2 aromatic heterocycles.